The van der Waals surface area contributed by atoms with E-state index in [0.29, 0.717) is 6.10 Å². The fourth-order valence-electron chi connectivity index (χ4n) is 0.667. The van der Waals surface area contributed by atoms with Gasteiger partial charge in [0.05, 0.1) is 12.7 Å². The molecule has 0 N–H and O–H groups in total. The summed E-state index contributed by atoms with van der Waals surface area (Å²) < 4.78 is 5.01. The average molecular weight is 144 g/mol. The fourth-order valence-corrected chi connectivity index (χ4v) is 0.667. The summed E-state index contributed by atoms with van der Waals surface area (Å²) in [7, 11) is 0. The van der Waals surface area contributed by atoms with Gasteiger partial charge in [-0.3, -0.25) is 0 Å². The molecule has 0 aromatic carbocycles. The van der Waals surface area contributed by atoms with E-state index in [1.807, 2.05) is 0 Å². The van der Waals surface area contributed by atoms with Gasteiger partial charge in [0, 0.05) is 0 Å². The summed E-state index contributed by atoms with van der Waals surface area (Å²) in [6.07, 6.45) is 5.83. The molecule has 0 aliphatic carbocycles. The quantitative estimate of drug-likeness (QED) is 0.555. The third-order valence-corrected chi connectivity index (χ3v) is 1.28. The predicted octanol–water partition coefficient (Wildman–Crippen LogP) is 2.99. The molecule has 1 heteroatoms. The third-order valence-electron chi connectivity index (χ3n) is 1.28. The normalized spacial score (nSPS) is 21.3. The van der Waals surface area contributed by atoms with Crippen LogP contribution in [0.1, 0.15) is 46.5 Å². The van der Waals surface area contributed by atoms with Crippen molar-refractivity contribution >= 4 is 0 Å². The topological polar surface area (TPSA) is 12.5 Å². The van der Waals surface area contributed by atoms with Crippen molar-refractivity contribution in [2.75, 3.05) is 6.61 Å². The van der Waals surface area contributed by atoms with Crippen molar-refractivity contribution in [3.63, 3.8) is 0 Å². The molecule has 1 saturated heterocycles. The Bertz CT molecular complexity index is 57.7. The molecule has 0 saturated carbocycles. The van der Waals surface area contributed by atoms with Crippen molar-refractivity contribution in [2.45, 2.75) is 52.6 Å². The lowest BCUT2D eigenvalue weighted by Crippen LogP contribution is -1.81. The second-order valence-corrected chi connectivity index (χ2v) is 2.80. The molecule has 1 aliphatic heterocycles. The highest BCUT2D eigenvalue weighted by Gasteiger charge is 2.20. The fraction of sp³-hybridized carbons (Fsp3) is 1.00. The van der Waals surface area contributed by atoms with E-state index in [0.717, 1.165) is 6.61 Å². The van der Waals surface area contributed by atoms with Gasteiger partial charge in [-0.05, 0) is 6.42 Å². The van der Waals surface area contributed by atoms with Gasteiger partial charge in [-0.15, -0.1) is 0 Å². The highest BCUT2D eigenvalue weighted by Crippen LogP contribution is 2.15. The summed E-state index contributed by atoms with van der Waals surface area (Å²) in [6, 6.07) is 0. The second-order valence-electron chi connectivity index (χ2n) is 2.80. The molecular formula is C9H20O. The maximum atomic E-state index is 5.01. The molecule has 1 nitrogen and oxygen atoms in total. The molecule has 10 heavy (non-hydrogen) atoms. The predicted molar refractivity (Wildman–Crippen MR) is 45.2 cm³/mol. The monoisotopic (exact) mass is 144 g/mol. The summed E-state index contributed by atoms with van der Waals surface area (Å²) in [6.45, 7) is 7.49. The molecule has 62 valence electrons. The zero-order chi connectivity index (χ0) is 7.82. The van der Waals surface area contributed by atoms with Gasteiger partial charge >= 0.3 is 0 Å². The molecule has 1 unspecified atom stereocenters. The zero-order valence-electron chi connectivity index (χ0n) is 7.52. The lowest BCUT2D eigenvalue weighted by atomic mass is 10.2. The molecule has 0 bridgehead atoms. The Morgan fingerprint density at radius 3 is 2.10 bits per heavy atom. The first kappa shape index (κ1) is 9.96. The van der Waals surface area contributed by atoms with E-state index >= 15 is 0 Å². The number of rotatable bonds is 3. The molecular weight excluding hydrogens is 124 g/mol. The Kier molecular flexibility index (Phi) is 7.04. The number of ether oxygens (including phenoxy) is 1. The minimum absolute atomic E-state index is 0.653. The zero-order valence-corrected chi connectivity index (χ0v) is 7.52. The standard InChI is InChI=1S/C6H12O.C3H8/c1-2-3-4-6-5-7-6;1-3-2/h6H,2-5H2,1H3;3H2,1-2H3. The highest BCUT2D eigenvalue weighted by atomic mass is 16.6. The van der Waals surface area contributed by atoms with Crippen molar-refractivity contribution in [3.8, 4) is 0 Å². The maximum Gasteiger partial charge on any atom is 0.0810 e. The molecule has 0 radical (unpaired) electrons. The molecule has 1 rings (SSSR count). The van der Waals surface area contributed by atoms with Gasteiger partial charge in [-0.25, -0.2) is 0 Å². The van der Waals surface area contributed by atoms with Crippen LogP contribution in [0, 0.1) is 0 Å². The molecule has 1 heterocycles. The van der Waals surface area contributed by atoms with Crippen LogP contribution in [0.2, 0.25) is 0 Å². The Morgan fingerprint density at radius 2 is 1.80 bits per heavy atom. The first-order chi connectivity index (χ1) is 4.85. The van der Waals surface area contributed by atoms with Gasteiger partial charge in [0.2, 0.25) is 0 Å². The lowest BCUT2D eigenvalue weighted by Gasteiger charge is -1.86. The molecule has 0 spiro atoms. The molecule has 1 atom stereocenters. The number of unbranched alkanes of at least 4 members (excludes halogenated alkanes) is 1. The van der Waals surface area contributed by atoms with Gasteiger partial charge in [0.1, 0.15) is 0 Å². The van der Waals surface area contributed by atoms with E-state index in [2.05, 4.69) is 20.8 Å². The molecule has 0 amide bonds. The third kappa shape index (κ3) is 7.96. The van der Waals surface area contributed by atoms with Crippen LogP contribution in [0.15, 0.2) is 0 Å². The van der Waals surface area contributed by atoms with E-state index < -0.39 is 0 Å². The Morgan fingerprint density at radius 1 is 1.30 bits per heavy atom. The summed E-state index contributed by atoms with van der Waals surface area (Å²) >= 11 is 0. The Hall–Kier alpha value is -0.0400. The largest absolute Gasteiger partial charge is 0.373 e. The van der Waals surface area contributed by atoms with Crippen LogP contribution in [0.25, 0.3) is 0 Å². The number of epoxide rings is 1. The van der Waals surface area contributed by atoms with Crippen molar-refractivity contribution < 1.29 is 4.74 Å². The van der Waals surface area contributed by atoms with Crippen molar-refractivity contribution in [1.29, 1.82) is 0 Å². The summed E-state index contributed by atoms with van der Waals surface area (Å²) in [5, 5.41) is 0. The van der Waals surface area contributed by atoms with Crippen LogP contribution in [0.5, 0.6) is 0 Å². The molecule has 0 aromatic rings. The van der Waals surface area contributed by atoms with E-state index in [1.165, 1.54) is 25.7 Å². The summed E-state index contributed by atoms with van der Waals surface area (Å²) in [5.74, 6) is 0. The van der Waals surface area contributed by atoms with Gasteiger partial charge < -0.3 is 4.74 Å². The van der Waals surface area contributed by atoms with Crippen LogP contribution < -0.4 is 0 Å². The van der Waals surface area contributed by atoms with E-state index in [1.54, 1.807) is 0 Å². The average Bonchev–Trinajstić information content (AvgIpc) is 2.68. The van der Waals surface area contributed by atoms with Crippen molar-refractivity contribution in [1.82, 2.24) is 0 Å². The van der Waals surface area contributed by atoms with Crippen LogP contribution in [-0.2, 0) is 4.74 Å². The van der Waals surface area contributed by atoms with Crippen LogP contribution in [0.3, 0.4) is 0 Å². The van der Waals surface area contributed by atoms with E-state index in [4.69, 9.17) is 4.74 Å². The Labute approximate surface area is 64.8 Å². The van der Waals surface area contributed by atoms with Gasteiger partial charge in [-0.2, -0.15) is 0 Å². The van der Waals surface area contributed by atoms with Crippen molar-refractivity contribution in [2.24, 2.45) is 0 Å². The minimum Gasteiger partial charge on any atom is -0.373 e. The van der Waals surface area contributed by atoms with E-state index in [-0.39, 0.29) is 0 Å². The summed E-state index contributed by atoms with van der Waals surface area (Å²) in [5.41, 5.74) is 0. The number of hydrogen-bond donors (Lipinski definition) is 0. The molecule has 0 aromatic heterocycles. The SMILES string of the molecule is CCC.CCCCC1CO1. The van der Waals surface area contributed by atoms with Gasteiger partial charge in [0.25, 0.3) is 0 Å². The summed E-state index contributed by atoms with van der Waals surface area (Å²) in [4.78, 5) is 0. The smallest absolute Gasteiger partial charge is 0.0810 e. The first-order valence-corrected chi connectivity index (χ1v) is 4.46. The van der Waals surface area contributed by atoms with Crippen molar-refractivity contribution in [3.05, 3.63) is 0 Å². The first-order valence-electron chi connectivity index (χ1n) is 4.46. The van der Waals surface area contributed by atoms with Crippen LogP contribution in [0.4, 0.5) is 0 Å². The maximum absolute atomic E-state index is 5.01. The van der Waals surface area contributed by atoms with Gasteiger partial charge in [0.15, 0.2) is 0 Å². The molecule has 1 fully saturated rings. The number of hydrogen-bond acceptors (Lipinski definition) is 1. The lowest BCUT2D eigenvalue weighted by molar-refractivity contribution is 0.391. The van der Waals surface area contributed by atoms with Gasteiger partial charge in [-0.1, -0.05) is 40.0 Å². The molecule has 1 aliphatic rings. The van der Waals surface area contributed by atoms with Crippen LogP contribution in [-0.4, -0.2) is 12.7 Å². The highest BCUT2D eigenvalue weighted by molar-refractivity contribution is 4.67. The second kappa shape index (κ2) is 7.07. The van der Waals surface area contributed by atoms with Crippen LogP contribution >= 0.6 is 0 Å². The van der Waals surface area contributed by atoms with E-state index in [9.17, 15) is 0 Å². The minimum atomic E-state index is 0.653. The Balaban J connectivity index is 0.000000236.